The highest BCUT2D eigenvalue weighted by molar-refractivity contribution is 5.83. The topological polar surface area (TPSA) is 71.3 Å². The van der Waals surface area contributed by atoms with Crippen LogP contribution in [0.3, 0.4) is 0 Å². The van der Waals surface area contributed by atoms with Gasteiger partial charge in [0.05, 0.1) is 0 Å². The summed E-state index contributed by atoms with van der Waals surface area (Å²) in [5.74, 6) is 0.385. The van der Waals surface area contributed by atoms with Gasteiger partial charge < -0.3 is 14.6 Å². The van der Waals surface area contributed by atoms with Gasteiger partial charge in [-0.3, -0.25) is 4.79 Å². The Morgan fingerprint density at radius 2 is 2.00 bits per heavy atom. The molecule has 2 heterocycles. The fraction of sp³-hybridized carbons (Fsp3) is 0.500. The van der Waals surface area contributed by atoms with Crippen molar-refractivity contribution in [3.63, 3.8) is 0 Å². The van der Waals surface area contributed by atoms with Crippen LogP contribution in [0.5, 0.6) is 0 Å². The van der Waals surface area contributed by atoms with Gasteiger partial charge in [0.1, 0.15) is 12.2 Å². The second-order valence-corrected chi connectivity index (χ2v) is 7.00. The number of hydrogen-bond donors (Lipinski definition) is 1. The average Bonchev–Trinajstić information content (AvgIpc) is 3.05. The molecule has 2 fully saturated rings. The molecule has 1 aromatic carbocycles. The molecule has 1 saturated carbocycles. The molecule has 132 valence electrons. The van der Waals surface area contributed by atoms with Crippen molar-refractivity contribution < 1.29 is 13.6 Å². The molecule has 1 aliphatic carbocycles. The van der Waals surface area contributed by atoms with E-state index in [-0.39, 0.29) is 17.3 Å². The Morgan fingerprint density at radius 3 is 2.64 bits per heavy atom. The molecule has 1 saturated heterocycles. The number of amides is 1. The maximum Gasteiger partial charge on any atom is 0.316 e. The lowest BCUT2D eigenvalue weighted by atomic mass is 9.93. The second kappa shape index (κ2) is 6.13. The molecule has 0 radical (unpaired) electrons. The van der Waals surface area contributed by atoms with Crippen molar-refractivity contribution in [3.05, 3.63) is 30.3 Å². The first kappa shape index (κ1) is 16.1. The Labute approximate surface area is 145 Å². The van der Waals surface area contributed by atoms with E-state index in [4.69, 9.17) is 4.42 Å². The van der Waals surface area contributed by atoms with Crippen molar-refractivity contribution in [2.75, 3.05) is 18.4 Å². The number of carbonyl (C=O) groups is 1. The summed E-state index contributed by atoms with van der Waals surface area (Å²) < 4.78 is 19.0. The van der Waals surface area contributed by atoms with Gasteiger partial charge in [0.2, 0.25) is 11.8 Å². The van der Waals surface area contributed by atoms with Crippen LogP contribution in [0.4, 0.5) is 10.4 Å². The number of halogens is 1. The zero-order chi connectivity index (χ0) is 17.4. The lowest BCUT2D eigenvalue weighted by Gasteiger charge is -2.33. The molecule has 1 aliphatic heterocycles. The molecule has 25 heavy (non-hydrogen) atoms. The minimum atomic E-state index is -0.671. The van der Waals surface area contributed by atoms with Crippen LogP contribution in [0.2, 0.25) is 0 Å². The number of benzene rings is 1. The first-order valence-corrected chi connectivity index (χ1v) is 8.66. The Hall–Kier alpha value is -2.44. The van der Waals surface area contributed by atoms with Crippen LogP contribution in [0, 0.1) is 5.41 Å². The number of likely N-dealkylation sites (tertiary alicyclic amines) is 1. The highest BCUT2D eigenvalue weighted by atomic mass is 19.1. The lowest BCUT2D eigenvalue weighted by Crippen LogP contribution is -2.46. The van der Waals surface area contributed by atoms with E-state index < -0.39 is 12.2 Å². The molecule has 2 aliphatic rings. The molecule has 1 N–H and O–H groups in total. The van der Waals surface area contributed by atoms with E-state index in [0.29, 0.717) is 25.4 Å². The van der Waals surface area contributed by atoms with Gasteiger partial charge in [-0.25, -0.2) is 4.39 Å². The van der Waals surface area contributed by atoms with E-state index in [1.54, 1.807) is 11.8 Å². The number of aromatic nitrogens is 2. The van der Waals surface area contributed by atoms with Gasteiger partial charge in [0, 0.05) is 24.1 Å². The lowest BCUT2D eigenvalue weighted by molar-refractivity contribution is -0.133. The molecule has 0 bridgehead atoms. The number of hydrogen-bond acceptors (Lipinski definition) is 5. The zero-order valence-corrected chi connectivity index (χ0v) is 14.1. The van der Waals surface area contributed by atoms with Crippen molar-refractivity contribution >= 4 is 11.9 Å². The fourth-order valence-corrected chi connectivity index (χ4v) is 3.49. The Morgan fingerprint density at radius 1 is 1.32 bits per heavy atom. The van der Waals surface area contributed by atoms with Gasteiger partial charge in [-0.15, -0.1) is 5.10 Å². The predicted octanol–water partition coefficient (Wildman–Crippen LogP) is 2.89. The van der Waals surface area contributed by atoms with Crippen LogP contribution in [-0.4, -0.2) is 46.3 Å². The van der Waals surface area contributed by atoms with E-state index >= 15 is 0 Å². The van der Waals surface area contributed by atoms with E-state index in [0.717, 1.165) is 18.4 Å². The number of anilines is 1. The van der Waals surface area contributed by atoms with E-state index in [2.05, 4.69) is 15.5 Å². The van der Waals surface area contributed by atoms with Crippen molar-refractivity contribution in [2.24, 2.45) is 5.41 Å². The maximum atomic E-state index is 13.4. The summed E-state index contributed by atoms with van der Waals surface area (Å²) in [7, 11) is 0. The van der Waals surface area contributed by atoms with Gasteiger partial charge in [-0.2, -0.15) is 0 Å². The van der Waals surface area contributed by atoms with E-state index in [9.17, 15) is 9.18 Å². The summed E-state index contributed by atoms with van der Waals surface area (Å²) in [4.78, 5) is 14.4. The number of nitrogens with one attached hydrogen (secondary N) is 1. The normalized spacial score (nSPS) is 22.6. The molecule has 2 atom stereocenters. The Balaban J connectivity index is 1.35. The molecule has 1 amide bonds. The molecule has 1 aromatic heterocycles. The molecular weight excluding hydrogens is 323 g/mol. The number of rotatable bonds is 4. The highest BCUT2D eigenvalue weighted by Crippen LogP contribution is 2.55. The summed E-state index contributed by atoms with van der Waals surface area (Å²) in [5, 5.41) is 10.9. The Bertz CT molecular complexity index is 755. The molecule has 0 unspecified atom stereocenters. The van der Waals surface area contributed by atoms with Gasteiger partial charge in [0.15, 0.2) is 0 Å². The molecule has 2 aromatic rings. The third-order valence-electron chi connectivity index (χ3n) is 5.32. The largest absolute Gasteiger partial charge is 0.403 e. The number of carbonyl (C=O) groups excluding carboxylic acids is 1. The maximum absolute atomic E-state index is 13.4. The van der Waals surface area contributed by atoms with Gasteiger partial charge in [-0.05, 0) is 38.3 Å². The minimum absolute atomic E-state index is 0.0228. The summed E-state index contributed by atoms with van der Waals surface area (Å²) in [6.07, 6.45) is 1.50. The van der Waals surface area contributed by atoms with Crippen molar-refractivity contribution in [1.82, 2.24) is 15.1 Å². The zero-order valence-electron chi connectivity index (χ0n) is 14.1. The minimum Gasteiger partial charge on any atom is -0.403 e. The van der Waals surface area contributed by atoms with Crippen molar-refractivity contribution in [3.8, 4) is 11.5 Å². The smallest absolute Gasteiger partial charge is 0.316 e. The summed E-state index contributed by atoms with van der Waals surface area (Å²) in [5.41, 5.74) is 0.693. The van der Waals surface area contributed by atoms with Gasteiger partial charge in [0.25, 0.3) is 0 Å². The monoisotopic (exact) mass is 344 g/mol. The second-order valence-electron chi connectivity index (χ2n) is 7.00. The predicted molar refractivity (Wildman–Crippen MR) is 90.6 cm³/mol. The molecule has 4 rings (SSSR count). The van der Waals surface area contributed by atoms with Crippen LogP contribution >= 0.6 is 0 Å². The van der Waals surface area contributed by atoms with E-state index in [1.165, 1.54) is 0 Å². The summed E-state index contributed by atoms with van der Waals surface area (Å²) in [6, 6.07) is 9.21. The first-order chi connectivity index (χ1) is 12.1. The van der Waals surface area contributed by atoms with E-state index in [1.807, 2.05) is 30.3 Å². The number of nitrogens with zero attached hydrogens (tertiary/aromatic N) is 3. The summed E-state index contributed by atoms with van der Waals surface area (Å²) >= 11 is 0. The van der Waals surface area contributed by atoms with Crippen LogP contribution in [0.25, 0.3) is 11.5 Å². The molecule has 6 nitrogen and oxygen atoms in total. The van der Waals surface area contributed by atoms with Crippen molar-refractivity contribution in [1.29, 1.82) is 0 Å². The molecule has 7 heteroatoms. The van der Waals surface area contributed by atoms with Crippen LogP contribution in [0.15, 0.2) is 34.7 Å². The highest BCUT2D eigenvalue weighted by Gasteiger charge is 2.56. The fourth-order valence-electron chi connectivity index (χ4n) is 3.49. The van der Waals surface area contributed by atoms with Gasteiger partial charge in [-0.1, -0.05) is 23.3 Å². The van der Waals surface area contributed by atoms with Crippen LogP contribution in [0.1, 0.15) is 26.2 Å². The molecular formula is C18H21FN4O2. The number of alkyl halides is 1. The summed E-state index contributed by atoms with van der Waals surface area (Å²) in [6.45, 7) is 3.00. The number of piperidine rings is 1. The first-order valence-electron chi connectivity index (χ1n) is 8.66. The van der Waals surface area contributed by atoms with Crippen molar-refractivity contribution in [2.45, 2.75) is 38.4 Å². The molecule has 1 spiro atoms. The standard InChI is InChI=1S/C18H21FN4O2/c1-12(16(24)23-9-7-18(8-10-23)11-14(18)19)20-17-22-21-15(25-17)13-5-3-2-4-6-13/h2-6,12,14H,7-11H2,1H3,(H,20,22)/t12-,14-/m1/s1. The quantitative estimate of drug-likeness (QED) is 0.923. The SMILES string of the molecule is C[C@@H](Nc1nnc(-c2ccccc2)o1)C(=O)N1CCC2(CC1)C[C@H]2F. The average molecular weight is 344 g/mol. The van der Waals surface area contributed by atoms with Crippen LogP contribution in [-0.2, 0) is 4.79 Å². The van der Waals surface area contributed by atoms with Gasteiger partial charge >= 0.3 is 6.01 Å². The van der Waals surface area contributed by atoms with Crippen LogP contribution < -0.4 is 5.32 Å². The third-order valence-corrected chi connectivity index (χ3v) is 5.32. The Kier molecular flexibility index (Phi) is 3.94. The third kappa shape index (κ3) is 3.10.